The summed E-state index contributed by atoms with van der Waals surface area (Å²) in [6.07, 6.45) is 0. The molecule has 0 bridgehead atoms. The Labute approximate surface area is 248 Å². The normalized spacial score (nSPS) is 11.9. The van der Waals surface area contributed by atoms with E-state index in [1.54, 1.807) is 20.8 Å². The zero-order valence-electron chi connectivity index (χ0n) is 25.9. The third kappa shape index (κ3) is 11.8. The molecule has 0 aromatic heterocycles. The molecule has 3 N–H and O–H groups in total. The fraction of sp³-hybridized carbons (Fsp3) is 0.457. The van der Waals surface area contributed by atoms with Gasteiger partial charge < -0.3 is 15.3 Å². The second-order valence-electron chi connectivity index (χ2n) is 13.9. The molecule has 0 heterocycles. The Morgan fingerprint density at radius 1 is 0.590 bits per heavy atom. The Balaban J connectivity index is 0.000000584. The number of aliphatic hydroxyl groups is 1. The topological polar surface area (TPSA) is 60.7 Å². The van der Waals surface area contributed by atoms with Crippen molar-refractivity contribution in [3.8, 4) is 38.0 Å². The summed E-state index contributed by atoms with van der Waals surface area (Å²) in [6.45, 7) is 24.2. The predicted molar refractivity (Wildman–Crippen MR) is 162 cm³/mol. The van der Waals surface area contributed by atoms with Crippen LogP contribution in [-0.4, -0.2) is 20.9 Å². The van der Waals surface area contributed by atoms with Crippen LogP contribution in [0.2, 0.25) is 0 Å². The van der Waals surface area contributed by atoms with E-state index < -0.39 is 5.60 Å². The van der Waals surface area contributed by atoms with Crippen LogP contribution in [0, 0.1) is 15.7 Å². The largest absolute Gasteiger partial charge is 0.515 e. The number of benzene rings is 3. The first kappa shape index (κ1) is 34.7. The zero-order valence-corrected chi connectivity index (χ0v) is 28.9. The number of hydrogen-bond acceptors (Lipinski definition) is 3. The molecule has 212 valence electrons. The fourth-order valence-corrected chi connectivity index (χ4v) is 3.52. The van der Waals surface area contributed by atoms with E-state index >= 15 is 0 Å². The Hall–Kier alpha value is -2.31. The van der Waals surface area contributed by atoms with Crippen LogP contribution < -0.4 is 0 Å². The van der Waals surface area contributed by atoms with E-state index in [-0.39, 0.29) is 22.3 Å². The van der Waals surface area contributed by atoms with Crippen molar-refractivity contribution in [1.29, 1.82) is 0 Å². The van der Waals surface area contributed by atoms with Gasteiger partial charge in [-0.05, 0) is 53.9 Å². The summed E-state index contributed by atoms with van der Waals surface area (Å²) in [7, 11) is 0. The maximum Gasteiger partial charge on any atom is 0.0939 e. The summed E-state index contributed by atoms with van der Waals surface area (Å²) >= 11 is 1.44. The van der Waals surface area contributed by atoms with Gasteiger partial charge in [0.1, 0.15) is 0 Å². The van der Waals surface area contributed by atoms with Gasteiger partial charge in [-0.2, -0.15) is 0 Å². The van der Waals surface area contributed by atoms with Crippen molar-refractivity contribution in [1.82, 2.24) is 0 Å². The van der Waals surface area contributed by atoms with Crippen LogP contribution in [0.5, 0.6) is 11.5 Å². The second kappa shape index (κ2) is 13.4. The first-order valence-corrected chi connectivity index (χ1v) is 14.8. The van der Waals surface area contributed by atoms with Crippen LogP contribution in [-0.2, 0) is 30.0 Å². The van der Waals surface area contributed by atoms with Crippen LogP contribution in [0.25, 0.3) is 22.3 Å². The molecular weight excluding hydrogens is 652 g/mol. The Kier molecular flexibility index (Phi) is 11.9. The quantitative estimate of drug-likeness (QED) is 0.234. The van der Waals surface area contributed by atoms with E-state index in [4.69, 9.17) is 5.11 Å². The first-order chi connectivity index (χ1) is 17.6. The van der Waals surface area contributed by atoms with E-state index in [1.807, 2.05) is 54.6 Å². The molecular formula is C35H48O3W. The Bertz CT molecular complexity index is 1190. The van der Waals surface area contributed by atoms with E-state index in [0.717, 1.165) is 33.4 Å². The molecule has 3 rings (SSSR count). The average Bonchev–Trinajstić information content (AvgIpc) is 2.77. The standard InChI is InChI=1S/C26H29O2.C5H9.C4H10O.W/c1-25(2,3)21-14-8-12-19(23(21)27)17-10-7-11-18(16-17)20-13-9-15-22(24(20)28)26(4,5)6;1-5(2,3)4;1-4(2,3)5;/h7-15,27-28H,1-6H3;1-3H3;5H,1-3H3;/q-1;;;+1. The van der Waals surface area contributed by atoms with Gasteiger partial charge in [-0.25, -0.2) is 0 Å². The SMILES string of the molecule is CC(C)(C)O.CC(C)(C)[C]#[W+].CC(C)(C)c1cccc(-c2[c-]c(-c3cccc(C(C)(C)C)c3O)ccc2)c1O. The molecule has 3 nitrogen and oxygen atoms in total. The summed E-state index contributed by atoms with van der Waals surface area (Å²) in [4.78, 5) is 0. The van der Waals surface area contributed by atoms with Crippen LogP contribution in [0.1, 0.15) is 94.2 Å². The van der Waals surface area contributed by atoms with Gasteiger partial charge in [-0.1, -0.05) is 77.9 Å². The van der Waals surface area contributed by atoms with Gasteiger partial charge in [0.15, 0.2) is 0 Å². The molecule has 0 saturated carbocycles. The van der Waals surface area contributed by atoms with Crippen molar-refractivity contribution >= 4 is 0 Å². The predicted octanol–water partition coefficient (Wildman–Crippen LogP) is 9.14. The number of phenolic OH excluding ortho intramolecular Hbond substituents is 2. The molecule has 0 saturated heterocycles. The Morgan fingerprint density at radius 2 is 0.872 bits per heavy atom. The summed E-state index contributed by atoms with van der Waals surface area (Å²) in [5, 5.41) is 30.3. The van der Waals surface area contributed by atoms with Crippen LogP contribution in [0.4, 0.5) is 0 Å². The monoisotopic (exact) mass is 700 g/mol. The van der Waals surface area contributed by atoms with E-state index in [9.17, 15) is 10.2 Å². The molecule has 3 aromatic carbocycles. The smallest absolute Gasteiger partial charge is 0.0939 e. The maximum atomic E-state index is 10.9. The third-order valence-corrected chi connectivity index (χ3v) is 7.57. The molecule has 39 heavy (non-hydrogen) atoms. The van der Waals surface area contributed by atoms with Gasteiger partial charge in [-0.3, -0.25) is 0 Å². The maximum absolute atomic E-state index is 10.9. The molecule has 0 aliphatic carbocycles. The molecule has 0 aliphatic rings. The number of aromatic hydroxyl groups is 2. The van der Waals surface area contributed by atoms with Gasteiger partial charge >= 0.3 is 49.5 Å². The van der Waals surface area contributed by atoms with Gasteiger partial charge in [0.2, 0.25) is 0 Å². The van der Waals surface area contributed by atoms with Crippen LogP contribution >= 0.6 is 0 Å². The molecule has 0 spiro atoms. The van der Waals surface area contributed by atoms with Crippen molar-refractivity contribution < 1.29 is 34.5 Å². The van der Waals surface area contributed by atoms with Crippen molar-refractivity contribution in [3.05, 3.63) is 71.8 Å². The van der Waals surface area contributed by atoms with Gasteiger partial charge in [0.05, 0.1) is 17.1 Å². The second-order valence-corrected chi connectivity index (χ2v) is 14.6. The molecule has 0 amide bonds. The van der Waals surface area contributed by atoms with Crippen molar-refractivity contribution in [3.63, 3.8) is 0 Å². The van der Waals surface area contributed by atoms with Gasteiger partial charge in [0, 0.05) is 0 Å². The minimum Gasteiger partial charge on any atom is -0.515 e. The van der Waals surface area contributed by atoms with E-state index in [2.05, 4.69) is 72.6 Å². The van der Waals surface area contributed by atoms with Crippen molar-refractivity contribution in [2.75, 3.05) is 0 Å². The van der Waals surface area contributed by atoms with Crippen LogP contribution in [0.15, 0.2) is 54.6 Å². The molecule has 4 heteroatoms. The van der Waals surface area contributed by atoms with Crippen LogP contribution in [0.3, 0.4) is 0 Å². The molecule has 3 aromatic rings. The summed E-state index contributed by atoms with van der Waals surface area (Å²) in [6, 6.07) is 20.9. The number of rotatable bonds is 2. The molecule has 0 fully saturated rings. The van der Waals surface area contributed by atoms with Crippen molar-refractivity contribution in [2.24, 2.45) is 5.41 Å². The summed E-state index contributed by atoms with van der Waals surface area (Å²) < 4.78 is 3.19. The number of para-hydroxylation sites is 2. The van der Waals surface area contributed by atoms with E-state index in [0.29, 0.717) is 5.41 Å². The van der Waals surface area contributed by atoms with Crippen molar-refractivity contribution in [2.45, 2.75) is 99.5 Å². The molecule has 0 atom stereocenters. The average molecular weight is 701 g/mol. The van der Waals surface area contributed by atoms with Gasteiger partial charge in [0.25, 0.3) is 0 Å². The minimum absolute atomic E-state index is 0.156. The number of phenols is 2. The first-order valence-electron chi connectivity index (χ1n) is 13.4. The van der Waals surface area contributed by atoms with E-state index in [1.165, 1.54) is 19.2 Å². The zero-order chi connectivity index (χ0) is 30.4. The fourth-order valence-electron chi connectivity index (χ4n) is 3.52. The summed E-state index contributed by atoms with van der Waals surface area (Å²) in [5.74, 6) is 0.576. The number of hydrogen-bond donors (Lipinski definition) is 3. The van der Waals surface area contributed by atoms with Gasteiger partial charge in [-0.15, -0.1) is 35.4 Å². The molecule has 0 unspecified atom stereocenters. The summed E-state index contributed by atoms with van der Waals surface area (Å²) in [5.41, 5.74) is 4.44. The minimum atomic E-state index is -0.500. The third-order valence-electron chi connectivity index (χ3n) is 5.37. The Morgan fingerprint density at radius 3 is 1.13 bits per heavy atom. The molecule has 0 radical (unpaired) electrons. The molecule has 0 aliphatic heterocycles.